The van der Waals surface area contributed by atoms with Crippen LogP contribution in [0.2, 0.25) is 0 Å². The molecule has 124 valence electrons. The highest BCUT2D eigenvalue weighted by Gasteiger charge is 2.33. The maximum absolute atomic E-state index is 12.8. The summed E-state index contributed by atoms with van der Waals surface area (Å²) >= 11 is 0. The number of hydrogen-bond acceptors (Lipinski definition) is 4. The Morgan fingerprint density at radius 3 is 2.67 bits per heavy atom. The molecule has 0 spiro atoms. The first-order chi connectivity index (χ1) is 11.6. The zero-order valence-electron chi connectivity index (χ0n) is 13.3. The highest BCUT2D eigenvalue weighted by atomic mass is 16.5. The first-order valence-corrected chi connectivity index (χ1v) is 7.76. The topological polar surface area (TPSA) is 79.7 Å². The monoisotopic (exact) mass is 326 g/mol. The third kappa shape index (κ3) is 2.95. The molecule has 0 aliphatic carbocycles. The first kappa shape index (κ1) is 16.0. The van der Waals surface area contributed by atoms with Gasteiger partial charge in [-0.15, -0.1) is 0 Å². The Bertz CT molecular complexity index is 775. The van der Waals surface area contributed by atoms with Gasteiger partial charge in [-0.1, -0.05) is 24.3 Å². The molecule has 24 heavy (non-hydrogen) atoms. The predicted molar refractivity (Wildman–Crippen MR) is 87.2 cm³/mol. The van der Waals surface area contributed by atoms with Gasteiger partial charge in [0.2, 0.25) is 0 Å². The molecule has 0 radical (unpaired) electrons. The van der Waals surface area contributed by atoms with Crippen LogP contribution in [0.1, 0.15) is 45.4 Å². The van der Waals surface area contributed by atoms with E-state index in [2.05, 4.69) is 4.98 Å². The largest absolute Gasteiger partial charge is 0.496 e. The van der Waals surface area contributed by atoms with Crippen molar-refractivity contribution in [3.63, 3.8) is 0 Å². The number of hydrogen-bond donors (Lipinski definition) is 1. The van der Waals surface area contributed by atoms with Crippen molar-refractivity contribution in [2.45, 2.75) is 18.9 Å². The lowest BCUT2D eigenvalue weighted by atomic mass is 10.0. The molecule has 1 aliphatic heterocycles. The Morgan fingerprint density at radius 2 is 1.92 bits per heavy atom. The molecular weight excluding hydrogens is 308 g/mol. The van der Waals surface area contributed by atoms with Gasteiger partial charge < -0.3 is 14.7 Å². The number of carbonyl (C=O) groups is 2. The number of nitrogens with zero attached hydrogens (tertiary/aromatic N) is 2. The van der Waals surface area contributed by atoms with Crippen molar-refractivity contribution in [2.75, 3.05) is 13.7 Å². The van der Waals surface area contributed by atoms with Crippen molar-refractivity contribution < 1.29 is 19.4 Å². The Hall–Kier alpha value is -2.89. The molecular formula is C18H18N2O4. The van der Waals surface area contributed by atoms with Crippen LogP contribution in [0, 0.1) is 0 Å². The first-order valence-electron chi connectivity index (χ1n) is 7.76. The van der Waals surface area contributed by atoms with Crippen molar-refractivity contribution in [1.29, 1.82) is 0 Å². The maximum Gasteiger partial charge on any atom is 0.354 e. The number of carboxylic acids is 1. The van der Waals surface area contributed by atoms with Gasteiger partial charge in [0.05, 0.1) is 13.2 Å². The van der Waals surface area contributed by atoms with Crippen LogP contribution in [0.5, 0.6) is 5.75 Å². The molecule has 2 heterocycles. The standard InChI is InChI=1S/C18H18N2O4/c1-24-16-10-3-2-6-12(16)15-9-5-11-20(15)17(21)13-7-4-8-14(19-13)18(22)23/h2-4,6-8,10,15H,5,9,11H2,1H3,(H,22,23). The van der Waals surface area contributed by atoms with Gasteiger partial charge in [-0.3, -0.25) is 4.79 Å². The second-order valence-electron chi connectivity index (χ2n) is 5.61. The van der Waals surface area contributed by atoms with Crippen LogP contribution in [0.4, 0.5) is 0 Å². The van der Waals surface area contributed by atoms with Crippen molar-refractivity contribution in [2.24, 2.45) is 0 Å². The minimum atomic E-state index is -1.15. The van der Waals surface area contributed by atoms with Gasteiger partial charge >= 0.3 is 5.97 Å². The Kier molecular flexibility index (Phi) is 4.46. The summed E-state index contributed by atoms with van der Waals surface area (Å²) in [5.74, 6) is -0.659. The average Bonchev–Trinajstić information content (AvgIpc) is 3.10. The van der Waals surface area contributed by atoms with E-state index >= 15 is 0 Å². The number of aromatic carboxylic acids is 1. The van der Waals surface area contributed by atoms with Crippen LogP contribution in [-0.2, 0) is 0 Å². The molecule has 3 rings (SSSR count). The molecule has 1 aromatic carbocycles. The molecule has 1 N–H and O–H groups in total. The Labute approximate surface area is 139 Å². The molecule has 1 aliphatic rings. The molecule has 1 fully saturated rings. The number of aromatic nitrogens is 1. The molecule has 1 saturated heterocycles. The van der Waals surface area contributed by atoms with E-state index in [0.29, 0.717) is 6.54 Å². The van der Waals surface area contributed by atoms with E-state index in [9.17, 15) is 9.59 Å². The number of methoxy groups -OCH3 is 1. The van der Waals surface area contributed by atoms with E-state index in [1.165, 1.54) is 12.1 Å². The summed E-state index contributed by atoms with van der Waals surface area (Å²) in [6.07, 6.45) is 1.72. The summed E-state index contributed by atoms with van der Waals surface area (Å²) in [5, 5.41) is 9.05. The normalized spacial score (nSPS) is 16.9. The van der Waals surface area contributed by atoms with E-state index in [4.69, 9.17) is 9.84 Å². The van der Waals surface area contributed by atoms with Crippen LogP contribution in [0.15, 0.2) is 42.5 Å². The molecule has 1 amide bonds. The van der Waals surface area contributed by atoms with Crippen LogP contribution in [0.3, 0.4) is 0 Å². The van der Waals surface area contributed by atoms with E-state index in [1.54, 1.807) is 18.1 Å². The Balaban J connectivity index is 1.92. The third-order valence-corrected chi connectivity index (χ3v) is 4.20. The second kappa shape index (κ2) is 6.70. The molecule has 0 saturated carbocycles. The smallest absolute Gasteiger partial charge is 0.354 e. The maximum atomic E-state index is 12.8. The minimum absolute atomic E-state index is 0.0936. The van der Waals surface area contributed by atoms with Crippen LogP contribution < -0.4 is 4.74 Å². The molecule has 1 aromatic heterocycles. The van der Waals surface area contributed by atoms with Crippen LogP contribution in [-0.4, -0.2) is 40.5 Å². The zero-order valence-corrected chi connectivity index (χ0v) is 13.3. The summed E-state index contributed by atoms with van der Waals surface area (Å²) in [6.45, 7) is 0.612. The number of carboxylic acid groups (broad SMARTS) is 1. The highest BCUT2D eigenvalue weighted by Crippen LogP contribution is 2.37. The fourth-order valence-electron chi connectivity index (χ4n) is 3.09. The van der Waals surface area contributed by atoms with Gasteiger partial charge in [-0.05, 0) is 31.0 Å². The molecule has 0 bridgehead atoms. The summed E-state index contributed by atoms with van der Waals surface area (Å²) in [4.78, 5) is 29.6. The fourth-order valence-corrected chi connectivity index (χ4v) is 3.09. The number of ether oxygens (including phenoxy) is 1. The number of rotatable bonds is 4. The fraction of sp³-hybridized carbons (Fsp3) is 0.278. The van der Waals surface area contributed by atoms with E-state index in [1.807, 2.05) is 24.3 Å². The predicted octanol–water partition coefficient (Wildman–Crippen LogP) is 2.77. The quantitative estimate of drug-likeness (QED) is 0.934. The number of carbonyl (C=O) groups excluding carboxylic acids is 1. The Morgan fingerprint density at radius 1 is 1.17 bits per heavy atom. The zero-order chi connectivity index (χ0) is 17.1. The van der Waals surface area contributed by atoms with Crippen LogP contribution in [0.25, 0.3) is 0 Å². The van der Waals surface area contributed by atoms with Gasteiger partial charge in [0.15, 0.2) is 0 Å². The summed E-state index contributed by atoms with van der Waals surface area (Å²) < 4.78 is 5.41. The van der Waals surface area contributed by atoms with Gasteiger partial charge in [0.1, 0.15) is 17.1 Å². The average molecular weight is 326 g/mol. The number of likely N-dealkylation sites (tertiary alicyclic amines) is 1. The molecule has 1 unspecified atom stereocenters. The number of amides is 1. The van der Waals surface area contributed by atoms with E-state index in [-0.39, 0.29) is 23.3 Å². The molecule has 2 aromatic rings. The van der Waals surface area contributed by atoms with Crippen molar-refractivity contribution in [3.05, 3.63) is 59.4 Å². The minimum Gasteiger partial charge on any atom is -0.496 e. The van der Waals surface area contributed by atoms with Crippen molar-refractivity contribution in [1.82, 2.24) is 9.88 Å². The van der Waals surface area contributed by atoms with Gasteiger partial charge in [-0.2, -0.15) is 0 Å². The number of para-hydroxylation sites is 1. The summed E-state index contributed by atoms with van der Waals surface area (Å²) in [7, 11) is 1.61. The second-order valence-corrected chi connectivity index (χ2v) is 5.61. The molecule has 6 nitrogen and oxygen atoms in total. The van der Waals surface area contributed by atoms with Gasteiger partial charge in [-0.25, -0.2) is 9.78 Å². The van der Waals surface area contributed by atoms with E-state index in [0.717, 1.165) is 24.2 Å². The van der Waals surface area contributed by atoms with Crippen molar-refractivity contribution >= 4 is 11.9 Å². The highest BCUT2D eigenvalue weighted by molar-refractivity contribution is 5.94. The summed E-state index contributed by atoms with van der Waals surface area (Å²) in [6, 6.07) is 12.0. The SMILES string of the molecule is COc1ccccc1C1CCCN1C(=O)c1cccc(C(=O)O)n1. The van der Waals surface area contributed by atoms with Gasteiger partial charge in [0, 0.05) is 12.1 Å². The van der Waals surface area contributed by atoms with Crippen molar-refractivity contribution in [3.8, 4) is 5.75 Å². The van der Waals surface area contributed by atoms with Crippen LogP contribution >= 0.6 is 0 Å². The van der Waals surface area contributed by atoms with E-state index < -0.39 is 5.97 Å². The molecule has 1 atom stereocenters. The lowest BCUT2D eigenvalue weighted by Gasteiger charge is -2.26. The lowest BCUT2D eigenvalue weighted by molar-refractivity contribution is 0.0689. The molecule has 6 heteroatoms. The third-order valence-electron chi connectivity index (χ3n) is 4.20. The number of benzene rings is 1. The number of pyridine rings is 1. The van der Waals surface area contributed by atoms with Gasteiger partial charge in [0.25, 0.3) is 5.91 Å². The summed E-state index contributed by atoms with van der Waals surface area (Å²) in [5.41, 5.74) is 0.978. The lowest BCUT2D eigenvalue weighted by Crippen LogP contribution is -2.31.